The van der Waals surface area contributed by atoms with Crippen molar-refractivity contribution in [2.75, 3.05) is 47.5 Å². The number of quaternary nitrogens is 1. The molecule has 10 heteroatoms. The summed E-state index contributed by atoms with van der Waals surface area (Å²) in [6, 6.07) is 0. The smallest absolute Gasteiger partial charge is 0.306 e. The molecule has 0 saturated heterocycles. The number of likely N-dealkylation sites (N-methyl/N-ethyl adjacent to an activating group) is 1. The molecule has 0 aromatic carbocycles. The number of allylic oxidation sites excluding steroid dienone is 4. The molecule has 432 valence electrons. The fraction of sp³-hybridized carbons (Fsp3) is 0.905. The molecule has 0 aliphatic rings. The number of phosphoric acid groups is 1. The molecule has 2 unspecified atom stereocenters. The topological polar surface area (TPSA) is 111 Å². The normalized spacial score (nSPS) is 13.3. The van der Waals surface area contributed by atoms with E-state index in [1.54, 1.807) is 0 Å². The summed E-state index contributed by atoms with van der Waals surface area (Å²) < 4.78 is 34.2. The van der Waals surface area contributed by atoms with Gasteiger partial charge in [0.05, 0.1) is 27.7 Å². The largest absolute Gasteiger partial charge is 0.756 e. The Hall–Kier alpha value is -1.51. The second-order valence-corrected chi connectivity index (χ2v) is 24.2. The SMILES string of the molecule is CCCCCCC/C=C\C/C=C\CCCCCCCCCCCCCC(=O)OC(COC(=O)CCCCCCCCCCCCCCCCCCCCCCCCCCCC)COP(=O)([O-])OCC[N+](C)(C)C. The second-order valence-electron chi connectivity index (χ2n) is 22.8. The lowest BCUT2D eigenvalue weighted by Crippen LogP contribution is -2.37. The van der Waals surface area contributed by atoms with E-state index in [9.17, 15) is 19.0 Å². The standard InChI is InChI=1S/C63H122NO8P/c1-6-8-10-12-14-16-18-20-22-24-26-28-30-31-32-34-35-37-39-41-43-45-47-49-51-53-55-62(65)69-59-61(60-71-73(67,68)70-58-57-64(3,4)5)72-63(66)56-54-52-50-48-46-44-42-40-38-36-33-29-27-25-23-21-19-17-15-13-11-9-7-2/h19,21,25,27,61H,6-18,20,22-24,26,28-60H2,1-5H3/b21-19-,27-25-. The number of carbonyl (C=O) groups is 2. The summed E-state index contributed by atoms with van der Waals surface area (Å²) in [5.41, 5.74) is 0. The zero-order valence-corrected chi connectivity index (χ0v) is 50.0. The molecule has 9 nitrogen and oxygen atoms in total. The van der Waals surface area contributed by atoms with Gasteiger partial charge in [-0.2, -0.15) is 0 Å². The molecule has 2 atom stereocenters. The molecule has 0 aliphatic carbocycles. The van der Waals surface area contributed by atoms with Gasteiger partial charge in [-0.25, -0.2) is 0 Å². The van der Waals surface area contributed by atoms with Gasteiger partial charge in [-0.15, -0.1) is 0 Å². The van der Waals surface area contributed by atoms with Gasteiger partial charge < -0.3 is 27.9 Å². The summed E-state index contributed by atoms with van der Waals surface area (Å²) in [4.78, 5) is 37.9. The van der Waals surface area contributed by atoms with Crippen LogP contribution in [0.5, 0.6) is 0 Å². The molecule has 0 amide bonds. The number of hydrogen-bond acceptors (Lipinski definition) is 8. The predicted octanol–water partition coefficient (Wildman–Crippen LogP) is 19.1. The Kier molecular flexibility index (Phi) is 54.1. The zero-order chi connectivity index (χ0) is 53.5. The lowest BCUT2D eigenvalue weighted by atomic mass is 10.0. The summed E-state index contributed by atoms with van der Waals surface area (Å²) in [5, 5.41) is 0. The highest BCUT2D eigenvalue weighted by Gasteiger charge is 2.22. The van der Waals surface area contributed by atoms with Crippen LogP contribution in [0.4, 0.5) is 0 Å². The first kappa shape index (κ1) is 71.5. The minimum atomic E-state index is -4.63. The van der Waals surface area contributed by atoms with Gasteiger partial charge in [0.2, 0.25) is 0 Å². The maximum atomic E-state index is 12.8. The number of unbranched alkanes of at least 4 members (excludes halogenated alkanes) is 41. The quantitative estimate of drug-likeness (QED) is 0.0195. The Morgan fingerprint density at radius 2 is 0.740 bits per heavy atom. The van der Waals surface area contributed by atoms with E-state index < -0.39 is 26.5 Å². The van der Waals surface area contributed by atoms with Crippen molar-refractivity contribution in [2.45, 2.75) is 322 Å². The predicted molar refractivity (Wildman–Crippen MR) is 310 cm³/mol. The lowest BCUT2D eigenvalue weighted by Gasteiger charge is -2.28. The molecule has 0 aliphatic heterocycles. The average Bonchev–Trinajstić information content (AvgIpc) is 3.35. The molecule has 0 fully saturated rings. The molecule has 0 rings (SSSR count). The molecule has 73 heavy (non-hydrogen) atoms. The van der Waals surface area contributed by atoms with Crippen LogP contribution < -0.4 is 4.89 Å². The first-order valence-electron chi connectivity index (χ1n) is 31.5. The first-order chi connectivity index (χ1) is 35.5. The number of nitrogens with zero attached hydrogens (tertiary/aromatic N) is 1. The van der Waals surface area contributed by atoms with E-state index in [2.05, 4.69) is 38.2 Å². The molecule has 0 radical (unpaired) electrons. The van der Waals surface area contributed by atoms with Gasteiger partial charge in [-0.3, -0.25) is 14.2 Å². The van der Waals surface area contributed by atoms with Crippen molar-refractivity contribution in [2.24, 2.45) is 0 Å². The number of hydrogen-bond donors (Lipinski definition) is 0. The van der Waals surface area contributed by atoms with Crippen LogP contribution in [0, 0.1) is 0 Å². The van der Waals surface area contributed by atoms with Gasteiger partial charge in [0.25, 0.3) is 7.82 Å². The highest BCUT2D eigenvalue weighted by atomic mass is 31.2. The van der Waals surface area contributed by atoms with E-state index in [1.807, 2.05) is 21.1 Å². The summed E-state index contributed by atoms with van der Waals surface area (Å²) in [5.74, 6) is -0.817. The third-order valence-electron chi connectivity index (χ3n) is 14.2. The van der Waals surface area contributed by atoms with Crippen LogP contribution in [0.15, 0.2) is 24.3 Å². The summed E-state index contributed by atoms with van der Waals surface area (Å²) in [6.45, 7) is 4.29. The van der Waals surface area contributed by atoms with Crippen LogP contribution in [0.1, 0.15) is 316 Å². The Balaban J connectivity index is 4.07. The number of ether oxygens (including phenoxy) is 2. The Morgan fingerprint density at radius 1 is 0.425 bits per heavy atom. The Labute approximate surface area is 453 Å². The van der Waals surface area contributed by atoms with Crippen molar-refractivity contribution in [3.05, 3.63) is 24.3 Å². The molecule has 0 heterocycles. The Bertz CT molecular complexity index is 1280. The third-order valence-corrected chi connectivity index (χ3v) is 15.2. The van der Waals surface area contributed by atoms with Crippen LogP contribution in [0.3, 0.4) is 0 Å². The molecule has 0 spiro atoms. The van der Waals surface area contributed by atoms with Crippen molar-refractivity contribution < 1.29 is 42.1 Å². The van der Waals surface area contributed by atoms with Crippen molar-refractivity contribution >= 4 is 19.8 Å². The summed E-state index contributed by atoms with van der Waals surface area (Å²) in [6.07, 6.45) is 66.6. The van der Waals surface area contributed by atoms with Crippen molar-refractivity contribution in [3.8, 4) is 0 Å². The highest BCUT2D eigenvalue weighted by Crippen LogP contribution is 2.38. The second kappa shape index (κ2) is 55.3. The number of esters is 2. The van der Waals surface area contributed by atoms with Gasteiger partial charge in [0.1, 0.15) is 19.8 Å². The minimum Gasteiger partial charge on any atom is -0.756 e. The van der Waals surface area contributed by atoms with Crippen LogP contribution >= 0.6 is 7.82 Å². The first-order valence-corrected chi connectivity index (χ1v) is 33.0. The van der Waals surface area contributed by atoms with Crippen LogP contribution in [0.25, 0.3) is 0 Å². The van der Waals surface area contributed by atoms with Gasteiger partial charge in [-0.05, 0) is 44.9 Å². The van der Waals surface area contributed by atoms with Crippen LogP contribution in [-0.4, -0.2) is 70.0 Å². The zero-order valence-electron chi connectivity index (χ0n) is 49.1. The van der Waals surface area contributed by atoms with Crippen LogP contribution in [0.2, 0.25) is 0 Å². The molecular formula is C63H122NO8P. The number of carbonyl (C=O) groups excluding carboxylic acids is 2. The van der Waals surface area contributed by atoms with Crippen molar-refractivity contribution in [1.82, 2.24) is 0 Å². The van der Waals surface area contributed by atoms with E-state index >= 15 is 0 Å². The maximum absolute atomic E-state index is 12.8. The van der Waals surface area contributed by atoms with Gasteiger partial charge in [-0.1, -0.05) is 282 Å². The molecule has 0 N–H and O–H groups in total. The van der Waals surface area contributed by atoms with E-state index in [0.29, 0.717) is 17.4 Å². The fourth-order valence-corrected chi connectivity index (χ4v) is 10.1. The van der Waals surface area contributed by atoms with Crippen molar-refractivity contribution in [1.29, 1.82) is 0 Å². The van der Waals surface area contributed by atoms with Crippen LogP contribution in [-0.2, 0) is 32.7 Å². The van der Waals surface area contributed by atoms with E-state index in [4.69, 9.17) is 18.5 Å². The Morgan fingerprint density at radius 3 is 1.08 bits per heavy atom. The molecule has 0 saturated carbocycles. The average molecular weight is 1050 g/mol. The number of rotatable bonds is 59. The van der Waals surface area contributed by atoms with Gasteiger partial charge in [0.15, 0.2) is 6.10 Å². The maximum Gasteiger partial charge on any atom is 0.306 e. The molecule has 0 aromatic heterocycles. The lowest BCUT2D eigenvalue weighted by molar-refractivity contribution is -0.870. The van der Waals surface area contributed by atoms with Crippen molar-refractivity contribution in [3.63, 3.8) is 0 Å². The molecular weight excluding hydrogens is 930 g/mol. The summed E-state index contributed by atoms with van der Waals surface area (Å²) >= 11 is 0. The van der Waals surface area contributed by atoms with Gasteiger partial charge >= 0.3 is 11.9 Å². The number of phosphoric ester groups is 1. The van der Waals surface area contributed by atoms with E-state index in [-0.39, 0.29) is 32.0 Å². The monoisotopic (exact) mass is 1050 g/mol. The fourth-order valence-electron chi connectivity index (χ4n) is 9.34. The highest BCUT2D eigenvalue weighted by molar-refractivity contribution is 7.45. The summed E-state index contributed by atoms with van der Waals surface area (Å²) in [7, 11) is 1.18. The van der Waals surface area contributed by atoms with E-state index in [0.717, 1.165) is 44.9 Å². The van der Waals surface area contributed by atoms with Gasteiger partial charge in [0, 0.05) is 12.8 Å². The minimum absolute atomic E-state index is 0.0284. The molecule has 0 bridgehead atoms. The van der Waals surface area contributed by atoms with E-state index in [1.165, 1.54) is 238 Å². The third kappa shape index (κ3) is 59.6. The molecule has 0 aromatic rings.